The third-order valence-electron chi connectivity index (χ3n) is 2.71. The van der Waals surface area contributed by atoms with Crippen molar-refractivity contribution in [3.63, 3.8) is 0 Å². The van der Waals surface area contributed by atoms with Gasteiger partial charge in [0.25, 0.3) is 0 Å². The van der Waals surface area contributed by atoms with Crippen LogP contribution in [0.15, 0.2) is 6.20 Å². The second kappa shape index (κ2) is 6.37. The highest BCUT2D eigenvalue weighted by Crippen LogP contribution is 2.29. The van der Waals surface area contributed by atoms with E-state index in [4.69, 9.17) is 0 Å². The second-order valence-electron chi connectivity index (χ2n) is 7.06. The average Bonchev–Trinajstić information content (AvgIpc) is 2.26. The highest BCUT2D eigenvalue weighted by Gasteiger charge is 2.26. The van der Waals surface area contributed by atoms with Gasteiger partial charge in [-0.3, -0.25) is 0 Å². The van der Waals surface area contributed by atoms with E-state index in [0.717, 1.165) is 19.4 Å². The number of halogens is 1. The monoisotopic (exact) mass is 282 g/mol. The number of anilines is 2. The Kier molecular flexibility index (Phi) is 5.31. The third kappa shape index (κ3) is 5.72. The van der Waals surface area contributed by atoms with Crippen LogP contribution < -0.4 is 10.6 Å². The molecule has 1 heterocycles. The van der Waals surface area contributed by atoms with E-state index in [0.29, 0.717) is 5.95 Å². The Balaban J connectivity index is 2.84. The molecule has 0 saturated heterocycles. The molecule has 0 aliphatic rings. The lowest BCUT2D eigenvalue weighted by Crippen LogP contribution is -2.36. The van der Waals surface area contributed by atoms with Crippen molar-refractivity contribution in [2.75, 3.05) is 17.2 Å². The Morgan fingerprint density at radius 3 is 2.40 bits per heavy atom. The van der Waals surface area contributed by atoms with E-state index >= 15 is 0 Å². The fraction of sp³-hybridized carbons (Fsp3) is 0.733. The first kappa shape index (κ1) is 16.7. The predicted octanol–water partition coefficient (Wildman–Crippen LogP) is 4.06. The van der Waals surface area contributed by atoms with Crippen LogP contribution in [0.2, 0.25) is 0 Å². The van der Waals surface area contributed by atoms with Crippen molar-refractivity contribution in [2.45, 2.75) is 59.9 Å². The molecule has 0 radical (unpaired) electrons. The van der Waals surface area contributed by atoms with Crippen molar-refractivity contribution < 1.29 is 4.39 Å². The molecule has 4 nitrogen and oxygen atoms in total. The molecule has 0 saturated carbocycles. The Labute approximate surface area is 121 Å². The molecule has 0 bridgehead atoms. The molecule has 1 aromatic heterocycles. The number of hydrogen-bond donors (Lipinski definition) is 2. The summed E-state index contributed by atoms with van der Waals surface area (Å²) in [5.74, 6) is 0.296. The fourth-order valence-corrected chi connectivity index (χ4v) is 2.47. The summed E-state index contributed by atoms with van der Waals surface area (Å²) in [7, 11) is 0. The summed E-state index contributed by atoms with van der Waals surface area (Å²) in [4.78, 5) is 8.16. The number of nitrogens with zero attached hydrogens (tertiary/aromatic N) is 2. The van der Waals surface area contributed by atoms with Gasteiger partial charge in [0.2, 0.25) is 5.95 Å². The van der Waals surface area contributed by atoms with Crippen LogP contribution in [0.5, 0.6) is 0 Å². The molecule has 0 unspecified atom stereocenters. The average molecular weight is 282 g/mol. The van der Waals surface area contributed by atoms with Crippen LogP contribution in [0.3, 0.4) is 0 Å². The van der Waals surface area contributed by atoms with Crippen molar-refractivity contribution in [1.82, 2.24) is 9.97 Å². The van der Waals surface area contributed by atoms with Gasteiger partial charge in [-0.2, -0.15) is 4.98 Å². The Morgan fingerprint density at radius 1 is 1.20 bits per heavy atom. The fourth-order valence-electron chi connectivity index (χ4n) is 2.47. The molecule has 0 amide bonds. The first-order valence-corrected chi connectivity index (χ1v) is 7.17. The topological polar surface area (TPSA) is 49.8 Å². The number of nitrogens with one attached hydrogen (secondary N) is 2. The minimum absolute atomic E-state index is 0.156. The number of hydrogen-bond acceptors (Lipinski definition) is 4. The molecular weight excluding hydrogens is 255 g/mol. The SMILES string of the molecule is CCCNc1ncc(F)c(NC(C)(C)CC(C)(C)C)n1. The molecule has 2 N–H and O–H groups in total. The Bertz CT molecular complexity index is 438. The molecule has 0 aromatic carbocycles. The van der Waals surface area contributed by atoms with Crippen LogP contribution in [0.4, 0.5) is 16.2 Å². The number of rotatable bonds is 6. The van der Waals surface area contributed by atoms with E-state index in [1.165, 1.54) is 6.20 Å². The third-order valence-corrected chi connectivity index (χ3v) is 2.71. The van der Waals surface area contributed by atoms with Gasteiger partial charge in [-0.1, -0.05) is 27.7 Å². The van der Waals surface area contributed by atoms with Crippen molar-refractivity contribution in [3.05, 3.63) is 12.0 Å². The van der Waals surface area contributed by atoms with Crippen LogP contribution in [-0.4, -0.2) is 22.1 Å². The highest BCUT2D eigenvalue weighted by molar-refractivity contribution is 5.43. The molecule has 1 rings (SSSR count). The van der Waals surface area contributed by atoms with E-state index in [1.807, 2.05) is 0 Å². The Hall–Kier alpha value is -1.39. The van der Waals surface area contributed by atoms with Crippen LogP contribution in [0.25, 0.3) is 0 Å². The maximum absolute atomic E-state index is 13.8. The van der Waals surface area contributed by atoms with Crippen LogP contribution in [0, 0.1) is 11.2 Å². The van der Waals surface area contributed by atoms with Crippen molar-refractivity contribution in [1.29, 1.82) is 0 Å². The minimum Gasteiger partial charge on any atom is -0.363 e. The van der Waals surface area contributed by atoms with Crippen LogP contribution in [0.1, 0.15) is 54.4 Å². The van der Waals surface area contributed by atoms with E-state index in [2.05, 4.69) is 62.1 Å². The smallest absolute Gasteiger partial charge is 0.224 e. The van der Waals surface area contributed by atoms with Crippen molar-refractivity contribution in [3.8, 4) is 0 Å². The highest BCUT2D eigenvalue weighted by atomic mass is 19.1. The molecule has 0 atom stereocenters. The predicted molar refractivity (Wildman–Crippen MR) is 82.5 cm³/mol. The lowest BCUT2D eigenvalue weighted by atomic mass is 9.82. The summed E-state index contributed by atoms with van der Waals surface area (Å²) >= 11 is 0. The number of aromatic nitrogens is 2. The zero-order chi connectivity index (χ0) is 15.4. The molecule has 0 aliphatic carbocycles. The summed E-state index contributed by atoms with van der Waals surface area (Å²) in [6, 6.07) is 0. The van der Waals surface area contributed by atoms with E-state index in [-0.39, 0.29) is 16.8 Å². The molecule has 114 valence electrons. The van der Waals surface area contributed by atoms with Crippen molar-refractivity contribution in [2.24, 2.45) is 5.41 Å². The zero-order valence-corrected chi connectivity index (χ0v) is 13.5. The summed E-state index contributed by atoms with van der Waals surface area (Å²) in [6.07, 6.45) is 3.08. The quantitative estimate of drug-likeness (QED) is 0.826. The molecule has 5 heteroatoms. The maximum atomic E-state index is 13.8. The normalized spacial score (nSPS) is 12.3. The van der Waals surface area contributed by atoms with Gasteiger partial charge in [0.15, 0.2) is 11.6 Å². The molecule has 0 spiro atoms. The first-order valence-electron chi connectivity index (χ1n) is 7.17. The van der Waals surface area contributed by atoms with Gasteiger partial charge < -0.3 is 10.6 Å². The molecule has 0 aliphatic heterocycles. The Morgan fingerprint density at radius 2 is 1.85 bits per heavy atom. The lowest BCUT2D eigenvalue weighted by molar-refractivity contribution is 0.301. The molecule has 20 heavy (non-hydrogen) atoms. The van der Waals surface area contributed by atoms with E-state index in [1.54, 1.807) is 0 Å². The largest absolute Gasteiger partial charge is 0.363 e. The van der Waals surface area contributed by atoms with Gasteiger partial charge in [-0.15, -0.1) is 0 Å². The summed E-state index contributed by atoms with van der Waals surface area (Å²) < 4.78 is 13.8. The standard InChI is InChI=1S/C15H27FN4/c1-7-8-17-13-18-9-11(16)12(19-13)20-15(5,6)10-14(2,3)4/h9H,7-8,10H2,1-6H3,(H2,17,18,19,20). The van der Waals surface area contributed by atoms with Gasteiger partial charge in [0, 0.05) is 12.1 Å². The molecule has 1 aromatic rings. The van der Waals surface area contributed by atoms with Gasteiger partial charge >= 0.3 is 0 Å². The maximum Gasteiger partial charge on any atom is 0.224 e. The molecular formula is C15H27FN4. The van der Waals surface area contributed by atoms with Gasteiger partial charge in [0.05, 0.1) is 6.20 Å². The molecule has 0 fully saturated rings. The van der Waals surface area contributed by atoms with Crippen molar-refractivity contribution >= 4 is 11.8 Å². The van der Waals surface area contributed by atoms with Crippen LogP contribution >= 0.6 is 0 Å². The zero-order valence-electron chi connectivity index (χ0n) is 13.5. The summed E-state index contributed by atoms with van der Waals surface area (Å²) in [5.41, 5.74) is -0.0846. The minimum atomic E-state index is -0.422. The van der Waals surface area contributed by atoms with Gasteiger partial charge in [0.1, 0.15) is 0 Å². The van der Waals surface area contributed by atoms with Gasteiger partial charge in [-0.25, -0.2) is 9.37 Å². The van der Waals surface area contributed by atoms with Gasteiger partial charge in [-0.05, 0) is 32.1 Å². The van der Waals surface area contributed by atoms with E-state index < -0.39 is 5.82 Å². The van der Waals surface area contributed by atoms with E-state index in [9.17, 15) is 4.39 Å². The summed E-state index contributed by atoms with van der Waals surface area (Å²) in [5, 5.41) is 6.26. The van der Waals surface area contributed by atoms with Crippen LogP contribution in [-0.2, 0) is 0 Å². The lowest BCUT2D eigenvalue weighted by Gasteiger charge is -2.33. The second-order valence-corrected chi connectivity index (χ2v) is 7.06. The summed E-state index contributed by atoms with van der Waals surface area (Å²) in [6.45, 7) is 13.4. The first-order chi connectivity index (χ1) is 9.13.